The van der Waals surface area contributed by atoms with Gasteiger partial charge in [0.1, 0.15) is 6.67 Å². The molecule has 2 rings (SSSR count). The lowest BCUT2D eigenvalue weighted by Crippen LogP contribution is -2.41. The van der Waals surface area contributed by atoms with Crippen LogP contribution in [-0.2, 0) is 28.8 Å². The van der Waals surface area contributed by atoms with Gasteiger partial charge in [0.25, 0.3) is 23.6 Å². The molecule has 0 aliphatic carbocycles. The van der Waals surface area contributed by atoms with E-state index in [2.05, 4.69) is 21.3 Å². The fourth-order valence-electron chi connectivity index (χ4n) is 3.06. The lowest BCUT2D eigenvalue weighted by Gasteiger charge is -2.14. The van der Waals surface area contributed by atoms with Crippen LogP contribution in [0.1, 0.15) is 46.0 Å². The molecule has 6 amide bonds. The van der Waals surface area contributed by atoms with Gasteiger partial charge in [-0.3, -0.25) is 38.6 Å². The molecule has 0 aromatic heterocycles. The zero-order valence-electron chi connectivity index (χ0n) is 20.4. The molecule has 36 heavy (non-hydrogen) atoms. The highest BCUT2D eigenvalue weighted by atomic mass is 16.2. The van der Waals surface area contributed by atoms with E-state index in [1.807, 2.05) is 14.1 Å². The molecular weight excluding hydrogens is 468 g/mol. The van der Waals surface area contributed by atoms with E-state index in [4.69, 9.17) is 0 Å². The van der Waals surface area contributed by atoms with Crippen LogP contribution in [0, 0.1) is 0 Å². The SMILES string of the molecule is C.CNCCCC(=O)NCCCCN1C(=O)C=CC1=O.CNCCCC(=O)NCN1C(=O)C=CC1=O. The number of hydrogen-bond donors (Lipinski definition) is 4. The van der Waals surface area contributed by atoms with Crippen LogP contribution in [0.25, 0.3) is 0 Å². The van der Waals surface area contributed by atoms with Crippen molar-refractivity contribution >= 4 is 35.4 Å². The van der Waals surface area contributed by atoms with Crippen LogP contribution >= 0.6 is 0 Å². The summed E-state index contributed by atoms with van der Waals surface area (Å²) in [5.41, 5.74) is 0. The summed E-state index contributed by atoms with van der Waals surface area (Å²) in [6.45, 7) is 2.54. The normalized spacial score (nSPS) is 14.1. The highest BCUT2D eigenvalue weighted by Crippen LogP contribution is 2.05. The summed E-state index contributed by atoms with van der Waals surface area (Å²) >= 11 is 0. The Morgan fingerprint density at radius 2 is 1.08 bits per heavy atom. The third-order valence-corrected chi connectivity index (χ3v) is 5.03. The van der Waals surface area contributed by atoms with E-state index in [9.17, 15) is 28.8 Å². The average Bonchev–Trinajstić information content (AvgIpc) is 3.32. The second kappa shape index (κ2) is 18.9. The van der Waals surface area contributed by atoms with Crippen molar-refractivity contribution in [1.29, 1.82) is 0 Å². The van der Waals surface area contributed by atoms with Crippen molar-refractivity contribution < 1.29 is 28.8 Å². The Kier molecular flexibility index (Phi) is 17.1. The van der Waals surface area contributed by atoms with E-state index in [1.165, 1.54) is 29.2 Å². The molecule has 0 atom stereocenters. The highest BCUT2D eigenvalue weighted by molar-refractivity contribution is 6.13. The highest BCUT2D eigenvalue weighted by Gasteiger charge is 2.23. The van der Waals surface area contributed by atoms with Crippen LogP contribution < -0.4 is 21.3 Å². The summed E-state index contributed by atoms with van der Waals surface area (Å²) in [5.74, 6) is -1.39. The zero-order chi connectivity index (χ0) is 26.1. The van der Waals surface area contributed by atoms with Gasteiger partial charge in [0.2, 0.25) is 11.8 Å². The summed E-state index contributed by atoms with van der Waals surface area (Å²) in [6.07, 6.45) is 8.86. The number of unbranched alkanes of at least 4 members (excludes halogenated alkanes) is 1. The summed E-state index contributed by atoms with van der Waals surface area (Å²) in [7, 11) is 3.67. The third kappa shape index (κ3) is 12.9. The summed E-state index contributed by atoms with van der Waals surface area (Å²) < 4.78 is 0. The van der Waals surface area contributed by atoms with Crippen molar-refractivity contribution in [2.75, 3.05) is 46.9 Å². The first-order valence-electron chi connectivity index (χ1n) is 11.7. The molecule has 0 saturated heterocycles. The molecule has 12 nitrogen and oxygen atoms in total. The summed E-state index contributed by atoms with van der Waals surface area (Å²) in [6, 6.07) is 0. The Hall–Kier alpha value is -3.38. The Labute approximate surface area is 212 Å². The van der Waals surface area contributed by atoms with Crippen LogP contribution in [0.4, 0.5) is 0 Å². The zero-order valence-corrected chi connectivity index (χ0v) is 20.4. The minimum Gasteiger partial charge on any atom is -0.356 e. The molecule has 0 unspecified atom stereocenters. The van der Waals surface area contributed by atoms with Gasteiger partial charge in [-0.25, -0.2) is 0 Å². The van der Waals surface area contributed by atoms with E-state index < -0.39 is 0 Å². The standard InChI is InChI=1S/C13H21N3O3.C10H15N3O3.CH4/c1-14-8-4-5-11(17)15-9-2-3-10-16-12(18)6-7-13(16)19;1-11-6-2-3-8(14)12-7-13-9(15)4-5-10(13)16;/h6-7,14H,2-5,8-10H2,1H3,(H,15,17);4-5,11H,2-3,6-7H2,1H3,(H,12,14);1H4. The Bertz CT molecular complexity index is 790. The van der Waals surface area contributed by atoms with Gasteiger partial charge in [-0.05, 0) is 52.9 Å². The van der Waals surface area contributed by atoms with Crippen LogP contribution in [0.2, 0.25) is 0 Å². The number of amides is 6. The minimum absolute atomic E-state index is 0. The van der Waals surface area contributed by atoms with E-state index >= 15 is 0 Å². The molecule has 0 saturated carbocycles. The van der Waals surface area contributed by atoms with Crippen LogP contribution in [-0.4, -0.2) is 92.2 Å². The number of hydrogen-bond acceptors (Lipinski definition) is 8. The predicted octanol–water partition coefficient (Wildman–Crippen LogP) is -0.572. The number of nitrogens with one attached hydrogen (secondary N) is 4. The number of carbonyl (C=O) groups is 6. The third-order valence-electron chi connectivity index (χ3n) is 5.03. The van der Waals surface area contributed by atoms with Gasteiger partial charge in [-0.15, -0.1) is 0 Å². The number of rotatable bonds is 15. The van der Waals surface area contributed by atoms with E-state index in [0.29, 0.717) is 32.4 Å². The molecule has 0 radical (unpaired) electrons. The van der Waals surface area contributed by atoms with Gasteiger partial charge in [0.05, 0.1) is 0 Å². The first-order chi connectivity index (χ1) is 16.8. The lowest BCUT2D eigenvalue weighted by atomic mass is 10.2. The summed E-state index contributed by atoms with van der Waals surface area (Å²) in [4.78, 5) is 69.6. The van der Waals surface area contributed by atoms with Gasteiger partial charge >= 0.3 is 0 Å². The van der Waals surface area contributed by atoms with E-state index in [-0.39, 0.29) is 49.5 Å². The Morgan fingerprint density at radius 3 is 1.56 bits per heavy atom. The van der Waals surface area contributed by atoms with Gasteiger partial charge in [0, 0.05) is 50.2 Å². The molecule has 0 aromatic rings. The first kappa shape index (κ1) is 32.6. The molecular formula is C24H40N6O6. The molecule has 2 aliphatic rings. The maximum atomic E-state index is 11.4. The Morgan fingerprint density at radius 1 is 0.639 bits per heavy atom. The quantitative estimate of drug-likeness (QED) is 0.169. The van der Waals surface area contributed by atoms with Crippen LogP contribution in [0.3, 0.4) is 0 Å². The predicted molar refractivity (Wildman–Crippen MR) is 135 cm³/mol. The van der Waals surface area contributed by atoms with Crippen molar-refractivity contribution in [2.24, 2.45) is 0 Å². The first-order valence-corrected chi connectivity index (χ1v) is 11.7. The smallest absolute Gasteiger partial charge is 0.255 e. The maximum absolute atomic E-state index is 11.4. The van der Waals surface area contributed by atoms with Crippen molar-refractivity contribution in [1.82, 2.24) is 31.1 Å². The minimum atomic E-state index is -0.388. The molecule has 0 spiro atoms. The van der Waals surface area contributed by atoms with Gasteiger partial charge in [0.15, 0.2) is 0 Å². The second-order valence-corrected chi connectivity index (χ2v) is 7.83. The molecule has 2 heterocycles. The Balaban J connectivity index is 0.000000671. The molecule has 4 N–H and O–H groups in total. The summed E-state index contributed by atoms with van der Waals surface area (Å²) in [5, 5.41) is 11.2. The number of imide groups is 2. The van der Waals surface area contributed by atoms with Gasteiger partial charge < -0.3 is 21.3 Å². The monoisotopic (exact) mass is 508 g/mol. The van der Waals surface area contributed by atoms with Crippen molar-refractivity contribution in [3.63, 3.8) is 0 Å². The van der Waals surface area contributed by atoms with E-state index in [1.54, 1.807) is 0 Å². The second-order valence-electron chi connectivity index (χ2n) is 7.83. The van der Waals surface area contributed by atoms with Gasteiger partial charge in [-0.1, -0.05) is 7.43 Å². The lowest BCUT2D eigenvalue weighted by molar-refractivity contribution is -0.139. The topological polar surface area (TPSA) is 157 Å². The van der Waals surface area contributed by atoms with E-state index in [0.717, 1.165) is 37.3 Å². The fraction of sp³-hybridized carbons (Fsp3) is 0.583. The number of carbonyl (C=O) groups excluding carboxylic acids is 6. The molecule has 202 valence electrons. The average molecular weight is 509 g/mol. The van der Waals surface area contributed by atoms with Crippen LogP contribution in [0.15, 0.2) is 24.3 Å². The number of nitrogens with zero attached hydrogens (tertiary/aromatic N) is 2. The maximum Gasteiger partial charge on any atom is 0.255 e. The molecule has 12 heteroatoms. The van der Waals surface area contributed by atoms with Crippen molar-refractivity contribution in [3.8, 4) is 0 Å². The van der Waals surface area contributed by atoms with Crippen LogP contribution in [0.5, 0.6) is 0 Å². The molecule has 0 aromatic carbocycles. The fourth-order valence-corrected chi connectivity index (χ4v) is 3.06. The van der Waals surface area contributed by atoms with Crippen molar-refractivity contribution in [2.45, 2.75) is 46.0 Å². The van der Waals surface area contributed by atoms with Gasteiger partial charge in [-0.2, -0.15) is 0 Å². The van der Waals surface area contributed by atoms with Crippen molar-refractivity contribution in [3.05, 3.63) is 24.3 Å². The molecule has 0 fully saturated rings. The molecule has 0 bridgehead atoms. The molecule has 2 aliphatic heterocycles. The largest absolute Gasteiger partial charge is 0.356 e.